The van der Waals surface area contributed by atoms with Gasteiger partial charge in [-0.3, -0.25) is 0 Å². The highest BCUT2D eigenvalue weighted by atomic mass is 32.1. The van der Waals surface area contributed by atoms with Crippen molar-refractivity contribution in [3.05, 3.63) is 11.1 Å². The first-order chi connectivity index (χ1) is 8.81. The molecular weight excluding hydrogens is 242 g/mol. The Morgan fingerprint density at radius 2 is 2.00 bits per heavy atom. The van der Waals surface area contributed by atoms with Gasteiger partial charge in [0.25, 0.3) is 0 Å². The zero-order chi connectivity index (χ0) is 12.4. The molecule has 0 aromatic carbocycles. The molecule has 18 heavy (non-hydrogen) atoms. The summed E-state index contributed by atoms with van der Waals surface area (Å²) >= 11 is 1.80. The summed E-state index contributed by atoms with van der Waals surface area (Å²) in [5, 5.41) is 6.58. The van der Waals surface area contributed by atoms with Crippen molar-refractivity contribution in [1.29, 1.82) is 0 Å². The quantitative estimate of drug-likeness (QED) is 0.910. The molecule has 1 aliphatic heterocycles. The highest BCUT2D eigenvalue weighted by Crippen LogP contribution is 2.46. The third kappa shape index (κ3) is 2.41. The van der Waals surface area contributed by atoms with Crippen LogP contribution in [-0.4, -0.2) is 25.1 Å². The number of thiazole rings is 1. The van der Waals surface area contributed by atoms with E-state index in [1.54, 1.807) is 11.3 Å². The lowest BCUT2D eigenvalue weighted by atomic mass is 9.77. The SMILES string of the molecule is CNCc1csc(N2CCC3(CCCC3)CC2)n1. The molecule has 1 saturated carbocycles. The Morgan fingerprint density at radius 1 is 1.28 bits per heavy atom. The van der Waals surface area contributed by atoms with E-state index in [9.17, 15) is 0 Å². The van der Waals surface area contributed by atoms with Gasteiger partial charge in [0.1, 0.15) is 0 Å². The lowest BCUT2D eigenvalue weighted by Crippen LogP contribution is -2.38. The average Bonchev–Trinajstić information content (AvgIpc) is 3.02. The summed E-state index contributed by atoms with van der Waals surface area (Å²) in [7, 11) is 1.98. The third-order valence-electron chi connectivity index (χ3n) is 4.66. The molecular formula is C14H23N3S. The summed E-state index contributed by atoms with van der Waals surface area (Å²) in [5.41, 5.74) is 1.89. The summed E-state index contributed by atoms with van der Waals surface area (Å²) in [6, 6.07) is 0. The Morgan fingerprint density at radius 3 is 2.67 bits per heavy atom. The van der Waals surface area contributed by atoms with Crippen LogP contribution in [0.4, 0.5) is 5.13 Å². The monoisotopic (exact) mass is 265 g/mol. The molecule has 3 rings (SSSR count). The molecule has 1 aromatic rings. The van der Waals surface area contributed by atoms with E-state index in [0.29, 0.717) is 5.41 Å². The van der Waals surface area contributed by atoms with E-state index in [0.717, 1.165) is 6.54 Å². The number of rotatable bonds is 3. The maximum atomic E-state index is 4.72. The summed E-state index contributed by atoms with van der Waals surface area (Å²) in [6.45, 7) is 3.31. The first kappa shape index (κ1) is 12.4. The van der Waals surface area contributed by atoms with Gasteiger partial charge in [0, 0.05) is 25.0 Å². The van der Waals surface area contributed by atoms with E-state index in [2.05, 4.69) is 15.6 Å². The van der Waals surface area contributed by atoms with Crippen molar-refractivity contribution < 1.29 is 0 Å². The van der Waals surface area contributed by atoms with Crippen molar-refractivity contribution in [1.82, 2.24) is 10.3 Å². The molecule has 0 bridgehead atoms. The molecule has 0 atom stereocenters. The van der Waals surface area contributed by atoms with Crippen LogP contribution in [0, 0.1) is 5.41 Å². The van der Waals surface area contributed by atoms with Gasteiger partial charge in [-0.2, -0.15) is 0 Å². The van der Waals surface area contributed by atoms with Crippen LogP contribution in [0.2, 0.25) is 0 Å². The van der Waals surface area contributed by atoms with Gasteiger partial charge in [0.2, 0.25) is 0 Å². The number of anilines is 1. The van der Waals surface area contributed by atoms with Crippen LogP contribution in [0.5, 0.6) is 0 Å². The van der Waals surface area contributed by atoms with E-state index in [-0.39, 0.29) is 0 Å². The van der Waals surface area contributed by atoms with Crippen LogP contribution in [-0.2, 0) is 6.54 Å². The van der Waals surface area contributed by atoms with Gasteiger partial charge in [0.05, 0.1) is 5.69 Å². The highest BCUT2D eigenvalue weighted by molar-refractivity contribution is 7.13. The van der Waals surface area contributed by atoms with Gasteiger partial charge in [-0.25, -0.2) is 4.98 Å². The van der Waals surface area contributed by atoms with Crippen molar-refractivity contribution in [3.8, 4) is 0 Å². The molecule has 1 saturated heterocycles. The van der Waals surface area contributed by atoms with Crippen LogP contribution in [0.1, 0.15) is 44.2 Å². The van der Waals surface area contributed by atoms with E-state index >= 15 is 0 Å². The number of hydrogen-bond acceptors (Lipinski definition) is 4. The second-order valence-corrected chi connectivity index (χ2v) is 6.68. The predicted molar refractivity (Wildman–Crippen MR) is 77.2 cm³/mol. The fourth-order valence-corrected chi connectivity index (χ4v) is 4.38. The molecule has 4 heteroatoms. The van der Waals surface area contributed by atoms with Gasteiger partial charge in [-0.05, 0) is 38.1 Å². The Hall–Kier alpha value is -0.610. The lowest BCUT2D eigenvalue weighted by molar-refractivity contribution is 0.226. The van der Waals surface area contributed by atoms with Gasteiger partial charge in [-0.15, -0.1) is 11.3 Å². The fraction of sp³-hybridized carbons (Fsp3) is 0.786. The van der Waals surface area contributed by atoms with E-state index in [4.69, 9.17) is 4.98 Å². The van der Waals surface area contributed by atoms with Crippen LogP contribution in [0.15, 0.2) is 5.38 Å². The number of aromatic nitrogens is 1. The Kier molecular flexibility index (Phi) is 3.57. The highest BCUT2D eigenvalue weighted by Gasteiger charge is 2.37. The first-order valence-corrected chi connectivity index (χ1v) is 8.03. The summed E-state index contributed by atoms with van der Waals surface area (Å²) in [6.07, 6.45) is 8.64. The topological polar surface area (TPSA) is 28.2 Å². The molecule has 2 aliphatic rings. The minimum Gasteiger partial charge on any atom is -0.348 e. The molecule has 0 radical (unpaired) electrons. The summed E-state index contributed by atoms with van der Waals surface area (Å²) in [4.78, 5) is 7.21. The summed E-state index contributed by atoms with van der Waals surface area (Å²) < 4.78 is 0. The molecule has 2 fully saturated rings. The maximum absolute atomic E-state index is 4.72. The molecule has 1 aliphatic carbocycles. The smallest absolute Gasteiger partial charge is 0.185 e. The second kappa shape index (κ2) is 5.17. The van der Waals surface area contributed by atoms with Gasteiger partial charge < -0.3 is 10.2 Å². The minimum absolute atomic E-state index is 0.710. The predicted octanol–water partition coefficient (Wildman–Crippen LogP) is 3.02. The molecule has 1 N–H and O–H groups in total. The minimum atomic E-state index is 0.710. The van der Waals surface area contributed by atoms with Crippen molar-refractivity contribution in [2.24, 2.45) is 5.41 Å². The largest absolute Gasteiger partial charge is 0.348 e. The van der Waals surface area contributed by atoms with Crippen LogP contribution in [0.25, 0.3) is 0 Å². The van der Waals surface area contributed by atoms with E-state index in [1.807, 2.05) is 7.05 Å². The number of nitrogens with zero attached hydrogens (tertiary/aromatic N) is 2. The second-order valence-electron chi connectivity index (χ2n) is 5.85. The standard InChI is InChI=1S/C14H23N3S/c1-15-10-12-11-18-13(16-12)17-8-6-14(7-9-17)4-2-3-5-14/h11,15H,2-10H2,1H3. The molecule has 1 spiro atoms. The van der Waals surface area contributed by atoms with Crippen molar-refractivity contribution in [2.45, 2.75) is 45.1 Å². The third-order valence-corrected chi connectivity index (χ3v) is 5.61. The summed E-state index contributed by atoms with van der Waals surface area (Å²) in [5.74, 6) is 0. The zero-order valence-corrected chi connectivity index (χ0v) is 12.1. The van der Waals surface area contributed by atoms with Crippen LogP contribution >= 0.6 is 11.3 Å². The van der Waals surface area contributed by atoms with Crippen molar-refractivity contribution >= 4 is 16.5 Å². The molecule has 2 heterocycles. The molecule has 1 aromatic heterocycles. The zero-order valence-electron chi connectivity index (χ0n) is 11.2. The Labute approximate surface area is 114 Å². The lowest BCUT2D eigenvalue weighted by Gasteiger charge is -2.39. The van der Waals surface area contributed by atoms with Gasteiger partial charge >= 0.3 is 0 Å². The maximum Gasteiger partial charge on any atom is 0.185 e. The Balaban J connectivity index is 1.61. The number of nitrogens with one attached hydrogen (secondary N) is 1. The molecule has 0 unspecified atom stereocenters. The Bertz CT molecular complexity index is 385. The molecule has 100 valence electrons. The number of piperidine rings is 1. The fourth-order valence-electron chi connectivity index (χ4n) is 3.50. The van der Waals surface area contributed by atoms with E-state index in [1.165, 1.54) is 62.4 Å². The molecule has 3 nitrogen and oxygen atoms in total. The average molecular weight is 265 g/mol. The normalized spacial score (nSPS) is 22.8. The molecule has 0 amide bonds. The van der Waals surface area contributed by atoms with Crippen LogP contribution < -0.4 is 10.2 Å². The van der Waals surface area contributed by atoms with Crippen molar-refractivity contribution in [2.75, 3.05) is 25.0 Å². The van der Waals surface area contributed by atoms with Crippen LogP contribution in [0.3, 0.4) is 0 Å². The van der Waals surface area contributed by atoms with Gasteiger partial charge in [0.15, 0.2) is 5.13 Å². The van der Waals surface area contributed by atoms with E-state index < -0.39 is 0 Å². The number of hydrogen-bond donors (Lipinski definition) is 1. The van der Waals surface area contributed by atoms with Gasteiger partial charge in [-0.1, -0.05) is 12.8 Å². The van der Waals surface area contributed by atoms with Crippen molar-refractivity contribution in [3.63, 3.8) is 0 Å². The first-order valence-electron chi connectivity index (χ1n) is 7.15.